The fourth-order valence-electron chi connectivity index (χ4n) is 6.00. The monoisotopic (exact) mass is 435 g/mol. The lowest BCUT2D eigenvalue weighted by Crippen LogP contribution is -2.59. The number of rotatable bonds is 5. The first-order valence-corrected chi connectivity index (χ1v) is 11.7. The lowest BCUT2D eigenvalue weighted by Gasteiger charge is -2.52. The van der Waals surface area contributed by atoms with Crippen molar-refractivity contribution < 1.29 is 9.90 Å². The van der Waals surface area contributed by atoms with E-state index in [0.29, 0.717) is 13.1 Å². The predicted octanol–water partition coefficient (Wildman–Crippen LogP) is 3.40. The van der Waals surface area contributed by atoms with E-state index in [1.807, 2.05) is 9.80 Å². The number of β-amino-alcohol motifs (C(OH)–C–C–N with tert-alkyl or cyclic N) is 1. The van der Waals surface area contributed by atoms with E-state index < -0.39 is 5.60 Å². The zero-order valence-electron chi connectivity index (χ0n) is 19.1. The first-order valence-electron chi connectivity index (χ1n) is 11.7. The van der Waals surface area contributed by atoms with Gasteiger partial charge in [0.1, 0.15) is 6.33 Å². The first kappa shape index (κ1) is 21.3. The Morgan fingerprint density at radius 1 is 1.00 bits per heavy atom. The maximum absolute atomic E-state index is 13.6. The predicted molar refractivity (Wildman–Crippen MR) is 123 cm³/mol. The number of benzene rings is 1. The number of carbonyl (C=O) groups excluding carboxylic acids is 1. The number of hydrogen-bond acceptors (Lipinski definition) is 5. The molecule has 0 unspecified atom stereocenters. The van der Waals surface area contributed by atoms with E-state index in [4.69, 9.17) is 0 Å². The van der Waals surface area contributed by atoms with Crippen LogP contribution in [0.5, 0.6) is 0 Å². The van der Waals surface area contributed by atoms with Gasteiger partial charge in [0.05, 0.1) is 42.3 Å². The van der Waals surface area contributed by atoms with E-state index in [2.05, 4.69) is 59.3 Å². The molecule has 3 fully saturated rings. The van der Waals surface area contributed by atoms with Crippen LogP contribution in [0.25, 0.3) is 0 Å². The van der Waals surface area contributed by atoms with Crippen LogP contribution in [-0.4, -0.2) is 69.2 Å². The molecule has 7 nitrogen and oxygen atoms in total. The summed E-state index contributed by atoms with van der Waals surface area (Å²) in [6, 6.07) is 10.7. The summed E-state index contributed by atoms with van der Waals surface area (Å²) in [5, 5.41) is 11.0. The third-order valence-corrected chi connectivity index (χ3v) is 8.26. The van der Waals surface area contributed by atoms with Gasteiger partial charge in [-0.05, 0) is 64.6 Å². The molecular formula is C25H33N5O2. The Hall–Kier alpha value is -2.51. The van der Waals surface area contributed by atoms with Crippen molar-refractivity contribution in [2.45, 2.75) is 61.6 Å². The minimum atomic E-state index is -0.749. The second kappa shape index (κ2) is 7.81. The number of hydrogen-bond donors (Lipinski definition) is 1. The molecule has 5 rings (SSSR count). The van der Waals surface area contributed by atoms with Crippen molar-refractivity contribution in [2.75, 3.05) is 32.1 Å². The molecule has 7 heteroatoms. The summed E-state index contributed by atoms with van der Waals surface area (Å²) in [4.78, 5) is 28.0. The summed E-state index contributed by atoms with van der Waals surface area (Å²) in [6.07, 6.45) is 11.2. The van der Waals surface area contributed by atoms with Crippen molar-refractivity contribution >= 4 is 11.7 Å². The third kappa shape index (κ3) is 3.39. The Morgan fingerprint density at radius 2 is 1.66 bits per heavy atom. The highest BCUT2D eigenvalue weighted by molar-refractivity contribution is 5.95. The molecule has 2 saturated carbocycles. The lowest BCUT2D eigenvalue weighted by molar-refractivity contribution is -0.0725. The lowest BCUT2D eigenvalue weighted by atomic mass is 9.67. The van der Waals surface area contributed by atoms with Gasteiger partial charge in [-0.25, -0.2) is 14.8 Å². The smallest absolute Gasteiger partial charge is 0.325 e. The third-order valence-electron chi connectivity index (χ3n) is 8.26. The average Bonchev–Trinajstić information content (AvgIpc) is 3.06. The van der Waals surface area contributed by atoms with Crippen LogP contribution >= 0.6 is 0 Å². The van der Waals surface area contributed by atoms with Gasteiger partial charge in [-0.1, -0.05) is 30.3 Å². The van der Waals surface area contributed by atoms with Gasteiger partial charge in [0, 0.05) is 5.54 Å². The van der Waals surface area contributed by atoms with Crippen LogP contribution in [0.4, 0.5) is 10.5 Å². The first-order chi connectivity index (χ1) is 15.4. The summed E-state index contributed by atoms with van der Waals surface area (Å²) in [7, 11) is 4.32. The van der Waals surface area contributed by atoms with Crippen LogP contribution in [0.2, 0.25) is 0 Å². The minimum absolute atomic E-state index is 0.0304. The maximum Gasteiger partial charge on any atom is 0.325 e. The molecule has 1 aromatic carbocycles. The molecule has 2 amide bonds. The standard InChI is InChI=1S/C25H33N5O2/c1-28(2)25(20-7-4-3-5-8-20)13-11-23(12-14-25)17-29(21-15-26-19-27-16-21)22(31)30(23)18-24(32)9-6-10-24/h3-5,7-8,15-16,19,32H,6,9-14,17-18H2,1-2H3/t23-,25+. The number of nitrogens with zero attached hydrogens (tertiary/aromatic N) is 5. The van der Waals surface area contributed by atoms with Gasteiger partial charge in [0.2, 0.25) is 0 Å². The zero-order valence-corrected chi connectivity index (χ0v) is 19.1. The Morgan fingerprint density at radius 3 is 2.22 bits per heavy atom. The number of aromatic nitrogens is 2. The van der Waals surface area contributed by atoms with Crippen molar-refractivity contribution in [1.29, 1.82) is 0 Å². The highest BCUT2D eigenvalue weighted by atomic mass is 16.3. The summed E-state index contributed by atoms with van der Waals surface area (Å²) in [5.74, 6) is 0. The zero-order chi connectivity index (χ0) is 22.4. The number of anilines is 1. The fraction of sp³-hybridized carbons (Fsp3) is 0.560. The molecule has 2 aliphatic carbocycles. The Balaban J connectivity index is 1.46. The van der Waals surface area contributed by atoms with Gasteiger partial charge in [-0.2, -0.15) is 0 Å². The van der Waals surface area contributed by atoms with Gasteiger partial charge in [0.15, 0.2) is 0 Å². The van der Waals surface area contributed by atoms with Crippen molar-refractivity contribution in [3.05, 3.63) is 54.6 Å². The second-order valence-corrected chi connectivity index (χ2v) is 10.1. The van der Waals surface area contributed by atoms with Gasteiger partial charge in [-0.15, -0.1) is 0 Å². The van der Waals surface area contributed by atoms with Crippen LogP contribution in [0.1, 0.15) is 50.5 Å². The van der Waals surface area contributed by atoms with E-state index in [1.165, 1.54) is 11.9 Å². The molecule has 2 heterocycles. The SMILES string of the molecule is CN(C)[C@]1(c2ccccc2)CC[C@]2(CC1)CN(c1cncnc1)C(=O)N2CC1(O)CCC1. The molecule has 1 N–H and O–H groups in total. The van der Waals surface area contributed by atoms with Crippen LogP contribution in [0.15, 0.2) is 49.1 Å². The number of aliphatic hydroxyl groups is 1. The molecule has 0 atom stereocenters. The molecule has 32 heavy (non-hydrogen) atoms. The molecular weight excluding hydrogens is 402 g/mol. The van der Waals surface area contributed by atoms with E-state index in [-0.39, 0.29) is 17.1 Å². The number of amides is 2. The number of urea groups is 1. The minimum Gasteiger partial charge on any atom is -0.388 e. The van der Waals surface area contributed by atoms with E-state index in [0.717, 1.165) is 50.6 Å². The molecule has 3 aliphatic rings. The maximum atomic E-state index is 13.6. The number of carbonyl (C=O) groups is 1. The van der Waals surface area contributed by atoms with Gasteiger partial charge >= 0.3 is 6.03 Å². The molecule has 0 radical (unpaired) electrons. The summed E-state index contributed by atoms with van der Waals surface area (Å²) >= 11 is 0. The highest BCUT2D eigenvalue weighted by Gasteiger charge is 2.56. The second-order valence-electron chi connectivity index (χ2n) is 10.1. The van der Waals surface area contributed by atoms with Crippen LogP contribution in [0, 0.1) is 0 Å². The molecule has 1 aliphatic heterocycles. The average molecular weight is 436 g/mol. The van der Waals surface area contributed by atoms with Crippen molar-refractivity contribution in [3.63, 3.8) is 0 Å². The van der Waals surface area contributed by atoms with E-state index in [9.17, 15) is 9.90 Å². The Bertz CT molecular complexity index is 953. The van der Waals surface area contributed by atoms with Gasteiger partial charge < -0.3 is 10.0 Å². The topological polar surface area (TPSA) is 72.8 Å². The molecule has 0 bridgehead atoms. The summed E-state index contributed by atoms with van der Waals surface area (Å²) in [5.41, 5.74) is 0.986. The molecule has 1 spiro atoms. The molecule has 1 aromatic heterocycles. The fourth-order valence-corrected chi connectivity index (χ4v) is 6.00. The van der Waals surface area contributed by atoms with Gasteiger partial charge in [0.25, 0.3) is 0 Å². The van der Waals surface area contributed by atoms with Crippen molar-refractivity contribution in [1.82, 2.24) is 19.8 Å². The summed E-state index contributed by atoms with van der Waals surface area (Å²) < 4.78 is 0. The van der Waals surface area contributed by atoms with Crippen molar-refractivity contribution in [2.24, 2.45) is 0 Å². The van der Waals surface area contributed by atoms with Crippen molar-refractivity contribution in [3.8, 4) is 0 Å². The normalized spacial score (nSPS) is 29.6. The van der Waals surface area contributed by atoms with Gasteiger partial charge in [-0.3, -0.25) is 9.80 Å². The highest BCUT2D eigenvalue weighted by Crippen LogP contribution is 2.50. The molecule has 170 valence electrons. The quantitative estimate of drug-likeness (QED) is 0.779. The van der Waals surface area contributed by atoms with Crippen LogP contribution in [-0.2, 0) is 5.54 Å². The van der Waals surface area contributed by atoms with E-state index in [1.54, 1.807) is 12.4 Å². The van der Waals surface area contributed by atoms with Crippen LogP contribution < -0.4 is 4.90 Å². The van der Waals surface area contributed by atoms with Crippen LogP contribution in [0.3, 0.4) is 0 Å². The summed E-state index contributed by atoms with van der Waals surface area (Å²) in [6.45, 7) is 1.03. The Labute approximate surface area is 190 Å². The molecule has 1 saturated heterocycles. The van der Waals surface area contributed by atoms with E-state index >= 15 is 0 Å². The largest absolute Gasteiger partial charge is 0.388 e. The molecule has 2 aromatic rings. The Kier molecular flexibility index (Phi) is 5.21.